The summed E-state index contributed by atoms with van der Waals surface area (Å²) >= 11 is 0. The van der Waals surface area contributed by atoms with Gasteiger partial charge in [0.25, 0.3) is 0 Å². The van der Waals surface area contributed by atoms with E-state index in [0.29, 0.717) is 13.2 Å². The Bertz CT molecular complexity index is 447. The molecule has 1 aliphatic rings. The van der Waals surface area contributed by atoms with Crippen molar-refractivity contribution in [3.63, 3.8) is 0 Å². The minimum absolute atomic E-state index is 0.00770. The van der Waals surface area contributed by atoms with Crippen molar-refractivity contribution in [3.05, 3.63) is 24.3 Å². The van der Waals surface area contributed by atoms with Crippen LogP contribution in [0.4, 0.5) is 11.4 Å². The molecular formula is C15H22N2O3. The average molecular weight is 278 g/mol. The smallest absolute Gasteiger partial charge is 0.230 e. The number of ether oxygens (including phenoxy) is 1. The van der Waals surface area contributed by atoms with Gasteiger partial charge >= 0.3 is 0 Å². The van der Waals surface area contributed by atoms with Crippen LogP contribution in [0.2, 0.25) is 0 Å². The topological polar surface area (TPSA) is 61.8 Å². The second-order valence-electron chi connectivity index (χ2n) is 5.02. The summed E-state index contributed by atoms with van der Waals surface area (Å²) in [5.74, 6) is 0.0200. The Labute approximate surface area is 119 Å². The van der Waals surface area contributed by atoms with Gasteiger partial charge in [0.05, 0.1) is 18.6 Å². The molecule has 5 heteroatoms. The zero-order valence-electron chi connectivity index (χ0n) is 12.0. The first kappa shape index (κ1) is 14.8. The first-order chi connectivity index (χ1) is 9.65. The number of hydrogen-bond acceptors (Lipinski definition) is 4. The minimum Gasteiger partial charge on any atom is -0.395 e. The van der Waals surface area contributed by atoms with Crippen molar-refractivity contribution in [2.45, 2.75) is 19.4 Å². The van der Waals surface area contributed by atoms with Crippen molar-refractivity contribution in [1.82, 2.24) is 0 Å². The van der Waals surface area contributed by atoms with Gasteiger partial charge in [0.2, 0.25) is 5.91 Å². The van der Waals surface area contributed by atoms with Crippen LogP contribution in [0, 0.1) is 5.92 Å². The first-order valence-corrected chi connectivity index (χ1v) is 7.00. The van der Waals surface area contributed by atoms with Gasteiger partial charge in [-0.15, -0.1) is 0 Å². The summed E-state index contributed by atoms with van der Waals surface area (Å²) in [5.41, 5.74) is 1.80. The summed E-state index contributed by atoms with van der Waals surface area (Å²) in [6, 6.07) is 7.61. The predicted octanol–water partition coefficient (Wildman–Crippen LogP) is 1.48. The number of anilines is 2. The largest absolute Gasteiger partial charge is 0.395 e. The van der Waals surface area contributed by atoms with Gasteiger partial charge in [0, 0.05) is 31.6 Å². The highest BCUT2D eigenvalue weighted by Crippen LogP contribution is 2.34. The summed E-state index contributed by atoms with van der Waals surface area (Å²) in [6.07, 6.45) is 0.909. The number of likely N-dealkylation sites (N-methyl/N-ethyl adjacent to an activating group) is 1. The Morgan fingerprint density at radius 3 is 2.75 bits per heavy atom. The summed E-state index contributed by atoms with van der Waals surface area (Å²) in [4.78, 5) is 13.9. The van der Waals surface area contributed by atoms with Gasteiger partial charge in [-0.2, -0.15) is 0 Å². The van der Waals surface area contributed by atoms with Crippen LogP contribution in [-0.4, -0.2) is 43.9 Å². The third kappa shape index (κ3) is 3.71. The molecule has 1 aromatic rings. The van der Waals surface area contributed by atoms with E-state index in [9.17, 15) is 4.79 Å². The molecule has 0 heterocycles. The maximum absolute atomic E-state index is 11.9. The van der Waals surface area contributed by atoms with Gasteiger partial charge in [0.15, 0.2) is 0 Å². The van der Waals surface area contributed by atoms with Gasteiger partial charge in [-0.3, -0.25) is 4.79 Å². The Balaban J connectivity index is 1.86. The number of nitrogens with one attached hydrogen (secondary N) is 1. The van der Waals surface area contributed by atoms with Crippen molar-refractivity contribution < 1.29 is 14.6 Å². The molecule has 0 bridgehead atoms. The molecule has 1 aromatic carbocycles. The zero-order chi connectivity index (χ0) is 14.5. The molecule has 0 spiro atoms. The molecule has 1 saturated carbocycles. The van der Waals surface area contributed by atoms with E-state index in [1.807, 2.05) is 43.1 Å². The number of hydrogen-bond donors (Lipinski definition) is 2. The fraction of sp³-hybridized carbons (Fsp3) is 0.533. The maximum atomic E-state index is 11.9. The lowest BCUT2D eigenvalue weighted by atomic mass is 10.2. The molecule has 110 valence electrons. The van der Waals surface area contributed by atoms with Crippen molar-refractivity contribution in [2.24, 2.45) is 5.92 Å². The molecule has 1 aliphatic carbocycles. The van der Waals surface area contributed by atoms with Gasteiger partial charge in [-0.05, 0) is 37.6 Å². The van der Waals surface area contributed by atoms with Crippen molar-refractivity contribution >= 4 is 17.3 Å². The summed E-state index contributed by atoms with van der Waals surface area (Å²) in [7, 11) is 1.92. The number of aliphatic hydroxyl groups is 1. The molecule has 20 heavy (non-hydrogen) atoms. The molecule has 2 rings (SSSR count). The number of amides is 1. The minimum atomic E-state index is -0.00770. The molecule has 0 saturated heterocycles. The van der Waals surface area contributed by atoms with Gasteiger partial charge in [-0.25, -0.2) is 0 Å². The molecule has 0 aliphatic heterocycles. The molecule has 2 atom stereocenters. The van der Waals surface area contributed by atoms with Crippen molar-refractivity contribution in [1.29, 1.82) is 0 Å². The Kier molecular flexibility index (Phi) is 4.98. The molecule has 0 aromatic heterocycles. The highest BCUT2D eigenvalue weighted by molar-refractivity contribution is 5.94. The standard InChI is InChI=1S/C15H22N2O3/c1-3-20-14-10-13(14)15(19)16-11-4-6-12(7-5-11)17(2)8-9-18/h4-7,13-14,18H,3,8-10H2,1-2H3,(H,16,19). The van der Waals surface area contributed by atoms with E-state index in [1.54, 1.807) is 0 Å². The van der Waals surface area contributed by atoms with E-state index in [1.165, 1.54) is 0 Å². The lowest BCUT2D eigenvalue weighted by molar-refractivity contribution is -0.118. The van der Waals surface area contributed by atoms with E-state index in [2.05, 4.69) is 5.32 Å². The summed E-state index contributed by atoms with van der Waals surface area (Å²) in [5, 5.41) is 11.8. The first-order valence-electron chi connectivity index (χ1n) is 7.00. The van der Waals surface area contributed by atoms with Gasteiger partial charge < -0.3 is 20.1 Å². The third-order valence-electron chi connectivity index (χ3n) is 3.46. The Morgan fingerprint density at radius 1 is 1.45 bits per heavy atom. The number of benzene rings is 1. The number of rotatable bonds is 7. The van der Waals surface area contributed by atoms with Crippen LogP contribution in [0.5, 0.6) is 0 Å². The molecule has 1 fully saturated rings. The summed E-state index contributed by atoms with van der Waals surface area (Å²) < 4.78 is 5.41. The fourth-order valence-corrected chi connectivity index (χ4v) is 2.16. The average Bonchev–Trinajstić information content (AvgIpc) is 3.20. The number of nitrogens with zero attached hydrogens (tertiary/aromatic N) is 1. The second kappa shape index (κ2) is 6.72. The lowest BCUT2D eigenvalue weighted by Crippen LogP contribution is -2.21. The third-order valence-corrected chi connectivity index (χ3v) is 3.46. The Morgan fingerprint density at radius 2 is 2.15 bits per heavy atom. The van der Waals surface area contributed by atoms with Crippen LogP contribution in [0.1, 0.15) is 13.3 Å². The predicted molar refractivity (Wildman–Crippen MR) is 78.9 cm³/mol. The lowest BCUT2D eigenvalue weighted by Gasteiger charge is -2.18. The molecular weight excluding hydrogens is 256 g/mol. The number of carbonyl (C=O) groups is 1. The SMILES string of the molecule is CCOC1CC1C(=O)Nc1ccc(N(C)CCO)cc1. The highest BCUT2D eigenvalue weighted by atomic mass is 16.5. The van der Waals surface area contributed by atoms with E-state index in [-0.39, 0.29) is 24.5 Å². The normalized spacial score (nSPS) is 20.6. The molecule has 0 radical (unpaired) electrons. The molecule has 1 amide bonds. The van der Waals surface area contributed by atoms with E-state index in [0.717, 1.165) is 17.8 Å². The zero-order valence-corrected chi connectivity index (χ0v) is 12.0. The van der Waals surface area contributed by atoms with Crippen LogP contribution in [0.3, 0.4) is 0 Å². The molecule has 5 nitrogen and oxygen atoms in total. The van der Waals surface area contributed by atoms with E-state index < -0.39 is 0 Å². The van der Waals surface area contributed by atoms with Crippen LogP contribution >= 0.6 is 0 Å². The molecule has 2 unspecified atom stereocenters. The number of aliphatic hydroxyl groups excluding tert-OH is 1. The fourth-order valence-electron chi connectivity index (χ4n) is 2.16. The quantitative estimate of drug-likeness (QED) is 0.793. The van der Waals surface area contributed by atoms with Gasteiger partial charge in [-0.1, -0.05) is 0 Å². The second-order valence-corrected chi connectivity index (χ2v) is 5.02. The monoisotopic (exact) mass is 278 g/mol. The summed E-state index contributed by atoms with van der Waals surface area (Å²) in [6.45, 7) is 3.30. The Hall–Kier alpha value is -1.59. The van der Waals surface area contributed by atoms with E-state index >= 15 is 0 Å². The number of carbonyl (C=O) groups excluding carboxylic acids is 1. The highest BCUT2D eigenvalue weighted by Gasteiger charge is 2.43. The van der Waals surface area contributed by atoms with Crippen LogP contribution in [-0.2, 0) is 9.53 Å². The van der Waals surface area contributed by atoms with Crippen molar-refractivity contribution in [2.75, 3.05) is 37.0 Å². The van der Waals surface area contributed by atoms with E-state index in [4.69, 9.17) is 9.84 Å². The van der Waals surface area contributed by atoms with Crippen molar-refractivity contribution in [3.8, 4) is 0 Å². The molecule has 2 N–H and O–H groups in total. The maximum Gasteiger partial charge on any atom is 0.230 e. The van der Waals surface area contributed by atoms with Crippen LogP contribution < -0.4 is 10.2 Å². The van der Waals surface area contributed by atoms with Gasteiger partial charge in [0.1, 0.15) is 0 Å². The van der Waals surface area contributed by atoms with Crippen LogP contribution in [0.25, 0.3) is 0 Å². The van der Waals surface area contributed by atoms with Crippen LogP contribution in [0.15, 0.2) is 24.3 Å².